The summed E-state index contributed by atoms with van der Waals surface area (Å²) in [4.78, 5) is 10.6. The molecule has 18 heavy (non-hydrogen) atoms. The van der Waals surface area contributed by atoms with E-state index in [9.17, 15) is 13.2 Å². The monoisotopic (exact) mass is 279 g/mol. The van der Waals surface area contributed by atoms with E-state index in [-0.39, 0.29) is 18.1 Å². The lowest BCUT2D eigenvalue weighted by Gasteiger charge is -2.30. The quantitative estimate of drug-likeness (QED) is 0.688. The van der Waals surface area contributed by atoms with Gasteiger partial charge in [0, 0.05) is 33.2 Å². The minimum absolute atomic E-state index is 0.102. The van der Waals surface area contributed by atoms with Crippen LogP contribution in [0.5, 0.6) is 0 Å². The lowest BCUT2D eigenvalue weighted by atomic mass is 9.95. The van der Waals surface area contributed by atoms with E-state index in [0.29, 0.717) is 39.0 Å². The Labute approximate surface area is 108 Å². The summed E-state index contributed by atoms with van der Waals surface area (Å²) in [6.07, 6.45) is 1.90. The zero-order valence-corrected chi connectivity index (χ0v) is 11.5. The second-order valence-corrected chi connectivity index (χ2v) is 6.69. The van der Waals surface area contributed by atoms with Crippen LogP contribution >= 0.6 is 0 Å². The molecule has 0 unspecified atom stereocenters. The number of aliphatic carboxylic acids is 1. The normalized spacial score (nSPS) is 18.9. The van der Waals surface area contributed by atoms with Gasteiger partial charge in [0.25, 0.3) is 0 Å². The third kappa shape index (κ3) is 4.91. The fourth-order valence-electron chi connectivity index (χ4n) is 2.15. The Hall–Kier alpha value is -0.660. The number of carboxylic acid groups (broad SMARTS) is 1. The number of piperidine rings is 1. The molecule has 1 aliphatic heterocycles. The van der Waals surface area contributed by atoms with Gasteiger partial charge in [-0.3, -0.25) is 4.79 Å². The zero-order valence-electron chi connectivity index (χ0n) is 10.7. The van der Waals surface area contributed by atoms with Crippen molar-refractivity contribution in [3.8, 4) is 0 Å². The molecule has 1 aliphatic rings. The van der Waals surface area contributed by atoms with Crippen LogP contribution in [0, 0.1) is 5.92 Å². The second-order valence-electron chi connectivity index (χ2n) is 4.60. The number of hydrogen-bond acceptors (Lipinski definition) is 4. The van der Waals surface area contributed by atoms with E-state index in [1.54, 1.807) is 7.11 Å². The van der Waals surface area contributed by atoms with E-state index in [1.807, 2.05) is 0 Å². The van der Waals surface area contributed by atoms with Crippen LogP contribution in [0.15, 0.2) is 0 Å². The molecule has 0 aromatic rings. The SMILES string of the molecule is COCCCS(=O)(=O)N1CCC(CC(=O)O)CC1. The molecule has 0 amide bonds. The summed E-state index contributed by atoms with van der Waals surface area (Å²) >= 11 is 0. The molecule has 0 aromatic carbocycles. The molecule has 7 heteroatoms. The van der Waals surface area contributed by atoms with E-state index in [4.69, 9.17) is 9.84 Å². The summed E-state index contributed by atoms with van der Waals surface area (Å²) in [5, 5.41) is 8.69. The molecule has 6 nitrogen and oxygen atoms in total. The minimum atomic E-state index is -3.20. The van der Waals surface area contributed by atoms with Crippen molar-refractivity contribution in [2.24, 2.45) is 5.92 Å². The highest BCUT2D eigenvalue weighted by atomic mass is 32.2. The maximum atomic E-state index is 11.9. The predicted molar refractivity (Wildman–Crippen MR) is 66.8 cm³/mol. The highest BCUT2D eigenvalue weighted by molar-refractivity contribution is 7.89. The molecular weight excluding hydrogens is 258 g/mol. The van der Waals surface area contributed by atoms with Crippen LogP contribution in [0.4, 0.5) is 0 Å². The average molecular weight is 279 g/mol. The zero-order chi connectivity index (χ0) is 13.6. The fraction of sp³-hybridized carbons (Fsp3) is 0.909. The van der Waals surface area contributed by atoms with Crippen molar-refractivity contribution in [1.29, 1.82) is 0 Å². The van der Waals surface area contributed by atoms with Crippen molar-refractivity contribution in [2.75, 3.05) is 32.6 Å². The van der Waals surface area contributed by atoms with E-state index in [0.717, 1.165) is 0 Å². The standard InChI is InChI=1S/C11H21NO5S/c1-17-7-2-8-18(15,16)12-5-3-10(4-6-12)9-11(13)14/h10H,2-9H2,1H3,(H,13,14). The van der Waals surface area contributed by atoms with Crippen molar-refractivity contribution in [1.82, 2.24) is 4.31 Å². The molecule has 0 spiro atoms. The number of ether oxygens (including phenoxy) is 1. The van der Waals surface area contributed by atoms with E-state index < -0.39 is 16.0 Å². The van der Waals surface area contributed by atoms with Gasteiger partial charge in [0.1, 0.15) is 0 Å². The molecule has 0 bridgehead atoms. The number of rotatable bonds is 7. The first-order valence-electron chi connectivity index (χ1n) is 6.14. The fourth-order valence-corrected chi connectivity index (χ4v) is 3.66. The van der Waals surface area contributed by atoms with Gasteiger partial charge < -0.3 is 9.84 Å². The molecule has 1 fully saturated rings. The maximum absolute atomic E-state index is 11.9. The Kier molecular flexibility index (Phi) is 6.04. The first kappa shape index (κ1) is 15.4. The van der Waals surface area contributed by atoms with Crippen molar-refractivity contribution >= 4 is 16.0 Å². The molecule has 1 N–H and O–H groups in total. The molecular formula is C11H21NO5S. The van der Waals surface area contributed by atoms with E-state index in [2.05, 4.69) is 0 Å². The van der Waals surface area contributed by atoms with Crippen molar-refractivity contribution in [3.63, 3.8) is 0 Å². The number of methoxy groups -OCH3 is 1. The average Bonchev–Trinajstić information content (AvgIpc) is 2.29. The second kappa shape index (κ2) is 7.06. The largest absolute Gasteiger partial charge is 0.481 e. The molecule has 1 rings (SSSR count). The van der Waals surface area contributed by atoms with Crippen molar-refractivity contribution in [2.45, 2.75) is 25.7 Å². The van der Waals surface area contributed by atoms with Crippen LogP contribution in [-0.2, 0) is 19.6 Å². The predicted octanol–water partition coefficient (Wildman–Crippen LogP) is 0.539. The molecule has 0 aromatic heterocycles. The van der Waals surface area contributed by atoms with Crippen LogP contribution in [0.1, 0.15) is 25.7 Å². The molecule has 0 atom stereocenters. The Balaban J connectivity index is 2.39. The summed E-state index contributed by atoms with van der Waals surface area (Å²) in [6.45, 7) is 1.31. The highest BCUT2D eigenvalue weighted by Gasteiger charge is 2.28. The topological polar surface area (TPSA) is 83.9 Å². The molecule has 106 valence electrons. The van der Waals surface area contributed by atoms with Crippen molar-refractivity contribution in [3.05, 3.63) is 0 Å². The van der Waals surface area contributed by atoms with Crippen LogP contribution in [0.2, 0.25) is 0 Å². The third-order valence-electron chi connectivity index (χ3n) is 3.18. The minimum Gasteiger partial charge on any atom is -0.481 e. The number of hydrogen-bond donors (Lipinski definition) is 1. The van der Waals surface area contributed by atoms with Gasteiger partial charge in [0.2, 0.25) is 10.0 Å². The Morgan fingerprint density at radius 3 is 2.50 bits per heavy atom. The van der Waals surface area contributed by atoms with Gasteiger partial charge in [-0.25, -0.2) is 12.7 Å². The smallest absolute Gasteiger partial charge is 0.303 e. The highest BCUT2D eigenvalue weighted by Crippen LogP contribution is 2.22. The number of sulfonamides is 1. The van der Waals surface area contributed by atoms with Gasteiger partial charge >= 0.3 is 5.97 Å². The molecule has 0 aliphatic carbocycles. The van der Waals surface area contributed by atoms with Crippen molar-refractivity contribution < 1.29 is 23.1 Å². The number of nitrogens with zero attached hydrogens (tertiary/aromatic N) is 1. The summed E-state index contributed by atoms with van der Waals surface area (Å²) in [6, 6.07) is 0. The summed E-state index contributed by atoms with van der Waals surface area (Å²) < 4.78 is 30.2. The van der Waals surface area contributed by atoms with Crippen LogP contribution < -0.4 is 0 Å². The van der Waals surface area contributed by atoms with Gasteiger partial charge in [-0.1, -0.05) is 0 Å². The number of carbonyl (C=O) groups is 1. The van der Waals surface area contributed by atoms with Gasteiger partial charge in [-0.15, -0.1) is 0 Å². The molecule has 1 saturated heterocycles. The number of carboxylic acids is 1. The summed E-state index contributed by atoms with van der Waals surface area (Å²) in [5.41, 5.74) is 0. The van der Waals surface area contributed by atoms with Gasteiger partial charge in [-0.2, -0.15) is 0 Å². The lowest BCUT2D eigenvalue weighted by molar-refractivity contribution is -0.138. The summed E-state index contributed by atoms with van der Waals surface area (Å²) in [7, 11) is -1.66. The van der Waals surface area contributed by atoms with Crippen LogP contribution in [-0.4, -0.2) is 56.4 Å². The Bertz CT molecular complexity index is 360. The van der Waals surface area contributed by atoms with Gasteiger partial charge in [-0.05, 0) is 25.2 Å². The summed E-state index contributed by atoms with van der Waals surface area (Å²) in [5.74, 6) is -0.603. The molecule has 0 radical (unpaired) electrons. The van der Waals surface area contributed by atoms with Gasteiger partial charge in [0.05, 0.1) is 5.75 Å². The Morgan fingerprint density at radius 1 is 1.39 bits per heavy atom. The molecule has 1 heterocycles. The first-order valence-corrected chi connectivity index (χ1v) is 7.75. The maximum Gasteiger partial charge on any atom is 0.303 e. The van der Waals surface area contributed by atoms with E-state index in [1.165, 1.54) is 4.31 Å². The van der Waals surface area contributed by atoms with Crippen LogP contribution in [0.25, 0.3) is 0 Å². The van der Waals surface area contributed by atoms with E-state index >= 15 is 0 Å². The third-order valence-corrected chi connectivity index (χ3v) is 5.14. The lowest BCUT2D eigenvalue weighted by Crippen LogP contribution is -2.40. The van der Waals surface area contributed by atoms with Gasteiger partial charge in [0.15, 0.2) is 0 Å². The first-order chi connectivity index (χ1) is 8.45. The van der Waals surface area contributed by atoms with Crippen LogP contribution in [0.3, 0.4) is 0 Å². The Morgan fingerprint density at radius 2 is 2.00 bits per heavy atom. The molecule has 0 saturated carbocycles.